The molecule has 0 aromatic heterocycles. The number of ether oxygens (including phenoxy) is 1. The third-order valence-electron chi connectivity index (χ3n) is 5.65. The van der Waals surface area contributed by atoms with E-state index in [1.807, 2.05) is 9.80 Å². The Bertz CT molecular complexity index is 1010. The largest absolute Gasteiger partial charge is 0.496 e. The number of hydrogen-bond donors (Lipinski definition) is 1. The zero-order valence-electron chi connectivity index (χ0n) is 18.3. The quantitative estimate of drug-likeness (QED) is 0.494. The van der Waals surface area contributed by atoms with E-state index < -0.39 is 22.7 Å². The summed E-state index contributed by atoms with van der Waals surface area (Å²) < 4.78 is 43.8. The second-order valence-corrected chi connectivity index (χ2v) is 7.82. The lowest BCUT2D eigenvalue weighted by Gasteiger charge is -2.37. The molecule has 1 amide bonds. The first-order valence-electron chi connectivity index (χ1n) is 10.3. The van der Waals surface area contributed by atoms with Crippen LogP contribution in [0.25, 0.3) is 0 Å². The van der Waals surface area contributed by atoms with Gasteiger partial charge >= 0.3 is 6.18 Å². The summed E-state index contributed by atoms with van der Waals surface area (Å²) in [6.07, 6.45) is -4.38. The molecule has 1 heterocycles. The SMILES string of the molecule is COc1ccc(NC(=O)C(C)N2CCN(Cc3cccc(C(F)(F)F)c3)CC2)c([N+](=O)[O-])c1. The smallest absolute Gasteiger partial charge is 0.416 e. The number of anilines is 1. The molecule has 1 atom stereocenters. The highest BCUT2D eigenvalue weighted by Gasteiger charge is 2.31. The molecule has 1 aliphatic rings. The summed E-state index contributed by atoms with van der Waals surface area (Å²) >= 11 is 0. The highest BCUT2D eigenvalue weighted by atomic mass is 19.4. The summed E-state index contributed by atoms with van der Waals surface area (Å²) in [5.74, 6) is -0.0702. The Balaban J connectivity index is 1.57. The number of nitrogens with one attached hydrogen (secondary N) is 1. The zero-order valence-corrected chi connectivity index (χ0v) is 18.3. The maximum Gasteiger partial charge on any atom is 0.416 e. The van der Waals surface area contributed by atoms with E-state index in [9.17, 15) is 28.1 Å². The van der Waals surface area contributed by atoms with Gasteiger partial charge in [0, 0.05) is 32.7 Å². The predicted molar refractivity (Wildman–Crippen MR) is 116 cm³/mol. The molecule has 33 heavy (non-hydrogen) atoms. The van der Waals surface area contributed by atoms with E-state index in [0.29, 0.717) is 44.0 Å². The maximum atomic E-state index is 12.9. The summed E-state index contributed by atoms with van der Waals surface area (Å²) in [7, 11) is 1.39. The summed E-state index contributed by atoms with van der Waals surface area (Å²) in [5, 5.41) is 13.9. The number of benzene rings is 2. The topological polar surface area (TPSA) is 88.0 Å². The van der Waals surface area contributed by atoms with Crippen LogP contribution in [-0.4, -0.2) is 60.0 Å². The van der Waals surface area contributed by atoms with Gasteiger partial charge in [-0.1, -0.05) is 18.2 Å². The lowest BCUT2D eigenvalue weighted by atomic mass is 10.1. The fourth-order valence-corrected chi connectivity index (χ4v) is 3.71. The second-order valence-electron chi connectivity index (χ2n) is 7.82. The predicted octanol–water partition coefficient (Wildman–Crippen LogP) is 3.77. The summed E-state index contributed by atoms with van der Waals surface area (Å²) in [5.41, 5.74) is -0.269. The number of piperazine rings is 1. The van der Waals surface area contributed by atoms with Crippen LogP contribution in [0.15, 0.2) is 42.5 Å². The van der Waals surface area contributed by atoms with Crippen molar-refractivity contribution < 1.29 is 27.6 Å². The van der Waals surface area contributed by atoms with E-state index in [1.165, 1.54) is 31.4 Å². The molecule has 3 rings (SSSR count). The molecule has 1 N–H and O–H groups in total. The first-order chi connectivity index (χ1) is 15.6. The van der Waals surface area contributed by atoms with Crippen LogP contribution in [-0.2, 0) is 17.5 Å². The number of nitrogens with zero attached hydrogens (tertiary/aromatic N) is 3. The van der Waals surface area contributed by atoms with Gasteiger partial charge in [-0.05, 0) is 30.7 Å². The third kappa shape index (κ3) is 6.20. The average molecular weight is 466 g/mol. The minimum atomic E-state index is -4.38. The molecular formula is C22H25F3N4O4. The molecule has 2 aromatic rings. The number of nitro benzene ring substituents is 1. The Morgan fingerprint density at radius 1 is 1.18 bits per heavy atom. The van der Waals surface area contributed by atoms with Crippen molar-refractivity contribution in [2.45, 2.75) is 25.7 Å². The Labute approximate surface area is 189 Å². The van der Waals surface area contributed by atoms with Crippen molar-refractivity contribution in [1.29, 1.82) is 0 Å². The van der Waals surface area contributed by atoms with E-state index in [1.54, 1.807) is 13.0 Å². The highest BCUT2D eigenvalue weighted by molar-refractivity contribution is 5.96. The number of alkyl halides is 3. The van der Waals surface area contributed by atoms with E-state index >= 15 is 0 Å². The van der Waals surface area contributed by atoms with Gasteiger partial charge in [-0.25, -0.2) is 0 Å². The van der Waals surface area contributed by atoms with Gasteiger partial charge < -0.3 is 10.1 Å². The van der Waals surface area contributed by atoms with Gasteiger partial charge in [0.15, 0.2) is 0 Å². The van der Waals surface area contributed by atoms with Crippen LogP contribution in [0.2, 0.25) is 0 Å². The maximum absolute atomic E-state index is 12.9. The number of nitro groups is 1. The minimum Gasteiger partial charge on any atom is -0.496 e. The van der Waals surface area contributed by atoms with Crippen LogP contribution in [0, 0.1) is 10.1 Å². The van der Waals surface area contributed by atoms with Crippen LogP contribution in [0.3, 0.4) is 0 Å². The molecule has 11 heteroatoms. The summed E-state index contributed by atoms with van der Waals surface area (Å²) in [4.78, 5) is 27.4. The minimum absolute atomic E-state index is 0.0841. The normalized spacial score (nSPS) is 16.3. The van der Waals surface area contributed by atoms with E-state index in [4.69, 9.17) is 4.74 Å². The number of rotatable bonds is 7. The highest BCUT2D eigenvalue weighted by Crippen LogP contribution is 2.30. The number of amides is 1. The standard InChI is InChI=1S/C22H25F3N4O4/c1-15(21(30)26-19-7-6-18(33-2)13-20(19)29(31)32)28-10-8-27(9-11-28)14-16-4-3-5-17(12-16)22(23,24)25/h3-7,12-13,15H,8-11,14H2,1-2H3,(H,26,30). The number of carbonyl (C=O) groups is 1. The van der Waals surface area contributed by atoms with Gasteiger partial charge in [0.05, 0.1) is 29.7 Å². The molecule has 1 fully saturated rings. The number of methoxy groups -OCH3 is 1. The van der Waals surface area contributed by atoms with Gasteiger partial charge in [0.25, 0.3) is 5.69 Å². The molecule has 0 saturated carbocycles. The summed E-state index contributed by atoms with van der Waals surface area (Å²) in [6, 6.07) is 8.93. The zero-order chi connectivity index (χ0) is 24.2. The number of halogens is 3. The van der Waals surface area contributed by atoms with E-state index in [2.05, 4.69) is 5.32 Å². The lowest BCUT2D eigenvalue weighted by Crippen LogP contribution is -2.52. The van der Waals surface area contributed by atoms with Crippen LogP contribution in [0.5, 0.6) is 5.75 Å². The Morgan fingerprint density at radius 3 is 2.48 bits per heavy atom. The molecule has 0 bridgehead atoms. The van der Waals surface area contributed by atoms with Crippen LogP contribution in [0.4, 0.5) is 24.5 Å². The van der Waals surface area contributed by atoms with Crippen LogP contribution >= 0.6 is 0 Å². The molecule has 1 saturated heterocycles. The van der Waals surface area contributed by atoms with Crippen LogP contribution in [0.1, 0.15) is 18.1 Å². The molecule has 8 nitrogen and oxygen atoms in total. The van der Waals surface area contributed by atoms with Gasteiger partial charge in [0.1, 0.15) is 11.4 Å². The van der Waals surface area contributed by atoms with Crippen molar-refractivity contribution in [2.24, 2.45) is 0 Å². The second kappa shape index (κ2) is 10.2. The molecular weight excluding hydrogens is 441 g/mol. The van der Waals surface area contributed by atoms with Gasteiger partial charge in [-0.3, -0.25) is 24.7 Å². The first-order valence-corrected chi connectivity index (χ1v) is 10.3. The van der Waals surface area contributed by atoms with Crippen molar-refractivity contribution in [3.8, 4) is 5.75 Å². The molecule has 178 valence electrons. The van der Waals surface area contributed by atoms with Crippen molar-refractivity contribution >= 4 is 17.3 Å². The van der Waals surface area contributed by atoms with Crippen molar-refractivity contribution in [1.82, 2.24) is 9.80 Å². The van der Waals surface area contributed by atoms with Gasteiger partial charge in [0.2, 0.25) is 5.91 Å². The van der Waals surface area contributed by atoms with Gasteiger partial charge in [-0.2, -0.15) is 13.2 Å². The fourth-order valence-electron chi connectivity index (χ4n) is 3.71. The van der Waals surface area contributed by atoms with Crippen molar-refractivity contribution in [3.63, 3.8) is 0 Å². The molecule has 0 aliphatic carbocycles. The van der Waals surface area contributed by atoms with E-state index in [0.717, 1.165) is 12.1 Å². The van der Waals surface area contributed by atoms with Crippen molar-refractivity contribution in [3.05, 3.63) is 63.7 Å². The molecule has 2 aromatic carbocycles. The van der Waals surface area contributed by atoms with Crippen molar-refractivity contribution in [2.75, 3.05) is 38.6 Å². The fraction of sp³-hybridized carbons (Fsp3) is 0.409. The average Bonchev–Trinajstić information content (AvgIpc) is 2.78. The molecule has 0 spiro atoms. The molecule has 0 radical (unpaired) electrons. The van der Waals surface area contributed by atoms with Gasteiger partial charge in [-0.15, -0.1) is 0 Å². The first kappa shape index (κ1) is 24.5. The Hall–Kier alpha value is -3.18. The lowest BCUT2D eigenvalue weighted by molar-refractivity contribution is -0.384. The van der Waals surface area contributed by atoms with E-state index in [-0.39, 0.29) is 17.3 Å². The molecule has 1 aliphatic heterocycles. The molecule has 1 unspecified atom stereocenters. The number of carbonyl (C=O) groups excluding carboxylic acids is 1. The Morgan fingerprint density at radius 2 is 1.88 bits per heavy atom. The van der Waals surface area contributed by atoms with Crippen LogP contribution < -0.4 is 10.1 Å². The monoisotopic (exact) mass is 466 g/mol. The summed E-state index contributed by atoms with van der Waals surface area (Å²) in [6.45, 7) is 4.34. The Kier molecular flexibility index (Phi) is 7.54. The number of hydrogen-bond acceptors (Lipinski definition) is 6. The third-order valence-corrected chi connectivity index (χ3v) is 5.65.